The smallest absolute Gasteiger partial charge is 0.159 e. The number of aliphatic hydroxyl groups excluding tert-OH is 1. The van der Waals surface area contributed by atoms with Crippen molar-refractivity contribution in [3.05, 3.63) is 29.8 Å². The van der Waals surface area contributed by atoms with E-state index in [1.807, 2.05) is 13.8 Å². The largest absolute Gasteiger partial charge is 0.394 e. The second-order valence-corrected chi connectivity index (χ2v) is 5.56. The zero-order valence-corrected chi connectivity index (χ0v) is 11.5. The molecular weight excluding hydrogens is 256 g/mol. The van der Waals surface area contributed by atoms with Crippen molar-refractivity contribution in [1.29, 1.82) is 0 Å². The molecule has 18 heavy (non-hydrogen) atoms. The van der Waals surface area contributed by atoms with E-state index in [9.17, 15) is 13.9 Å². The van der Waals surface area contributed by atoms with Gasteiger partial charge in [-0.15, -0.1) is 11.8 Å². The third-order valence-corrected chi connectivity index (χ3v) is 3.97. The zero-order chi connectivity index (χ0) is 13.6. The molecule has 1 atom stereocenters. The molecule has 0 spiro atoms. The van der Waals surface area contributed by atoms with Crippen LogP contribution in [0.2, 0.25) is 0 Å². The van der Waals surface area contributed by atoms with E-state index < -0.39 is 17.2 Å². The predicted octanol–water partition coefficient (Wildman–Crippen LogP) is 2.81. The minimum absolute atomic E-state index is 0.00365. The molecule has 5 heteroatoms. The molecule has 0 amide bonds. The molecule has 1 aromatic rings. The third-order valence-electron chi connectivity index (χ3n) is 2.60. The van der Waals surface area contributed by atoms with Crippen LogP contribution in [0.1, 0.15) is 20.3 Å². The van der Waals surface area contributed by atoms with Crippen LogP contribution >= 0.6 is 11.8 Å². The monoisotopic (exact) mass is 275 g/mol. The SMILES string of the molecule is CCCNC(C)(CO)CSc1ccc(F)c(F)c1. The number of benzene rings is 1. The van der Waals surface area contributed by atoms with Crippen molar-refractivity contribution in [2.45, 2.75) is 30.7 Å². The van der Waals surface area contributed by atoms with Crippen LogP contribution in [0.5, 0.6) is 0 Å². The van der Waals surface area contributed by atoms with Crippen molar-refractivity contribution >= 4 is 11.8 Å². The molecule has 0 radical (unpaired) electrons. The van der Waals surface area contributed by atoms with Crippen LogP contribution < -0.4 is 5.32 Å². The maximum atomic E-state index is 13.0. The highest BCUT2D eigenvalue weighted by atomic mass is 32.2. The average Bonchev–Trinajstić information content (AvgIpc) is 2.38. The van der Waals surface area contributed by atoms with E-state index in [0.29, 0.717) is 10.6 Å². The standard InChI is InChI=1S/C13H19F2NOS/c1-3-6-16-13(2,8-17)9-18-10-4-5-11(14)12(15)7-10/h4-5,7,16-17H,3,6,8-9H2,1-2H3. The Balaban J connectivity index is 2.58. The van der Waals surface area contributed by atoms with Crippen LogP contribution in [0.4, 0.5) is 8.78 Å². The Morgan fingerprint density at radius 3 is 2.61 bits per heavy atom. The first-order valence-electron chi connectivity index (χ1n) is 5.94. The van der Waals surface area contributed by atoms with Crippen LogP contribution in [0.15, 0.2) is 23.1 Å². The maximum absolute atomic E-state index is 13.0. The summed E-state index contributed by atoms with van der Waals surface area (Å²) in [6, 6.07) is 3.84. The summed E-state index contributed by atoms with van der Waals surface area (Å²) in [5.41, 5.74) is -0.411. The molecule has 102 valence electrons. The highest BCUT2D eigenvalue weighted by molar-refractivity contribution is 7.99. The van der Waals surface area contributed by atoms with Crippen LogP contribution in [-0.4, -0.2) is 29.5 Å². The first-order chi connectivity index (χ1) is 8.50. The van der Waals surface area contributed by atoms with Gasteiger partial charge in [-0.2, -0.15) is 0 Å². The van der Waals surface area contributed by atoms with Gasteiger partial charge in [0.2, 0.25) is 0 Å². The van der Waals surface area contributed by atoms with Crippen LogP contribution in [0.25, 0.3) is 0 Å². The van der Waals surface area contributed by atoms with Crippen molar-refractivity contribution in [3.63, 3.8) is 0 Å². The summed E-state index contributed by atoms with van der Waals surface area (Å²) in [6.07, 6.45) is 0.978. The lowest BCUT2D eigenvalue weighted by molar-refractivity contribution is 0.192. The lowest BCUT2D eigenvalue weighted by atomic mass is 10.1. The fourth-order valence-electron chi connectivity index (χ4n) is 1.39. The Labute approximate surface area is 111 Å². The maximum Gasteiger partial charge on any atom is 0.159 e. The van der Waals surface area contributed by atoms with Crippen molar-refractivity contribution in [2.75, 3.05) is 18.9 Å². The van der Waals surface area contributed by atoms with Crippen molar-refractivity contribution < 1.29 is 13.9 Å². The predicted molar refractivity (Wildman–Crippen MR) is 70.9 cm³/mol. The minimum atomic E-state index is -0.841. The van der Waals surface area contributed by atoms with E-state index in [2.05, 4.69) is 5.32 Å². The first-order valence-corrected chi connectivity index (χ1v) is 6.93. The van der Waals surface area contributed by atoms with E-state index in [0.717, 1.165) is 19.0 Å². The van der Waals surface area contributed by atoms with Gasteiger partial charge in [-0.1, -0.05) is 6.92 Å². The van der Waals surface area contributed by atoms with Gasteiger partial charge >= 0.3 is 0 Å². The molecule has 0 aliphatic rings. The van der Waals surface area contributed by atoms with Crippen LogP contribution in [0, 0.1) is 11.6 Å². The average molecular weight is 275 g/mol. The summed E-state index contributed by atoms with van der Waals surface area (Å²) >= 11 is 1.40. The summed E-state index contributed by atoms with van der Waals surface area (Å²) in [7, 11) is 0. The number of hydrogen-bond donors (Lipinski definition) is 2. The fraction of sp³-hybridized carbons (Fsp3) is 0.538. The number of hydrogen-bond acceptors (Lipinski definition) is 3. The number of halogens is 2. The summed E-state index contributed by atoms with van der Waals surface area (Å²) in [5, 5.41) is 12.6. The van der Waals surface area contributed by atoms with Gasteiger partial charge in [-0.05, 0) is 38.1 Å². The molecule has 0 aliphatic carbocycles. The lowest BCUT2D eigenvalue weighted by Gasteiger charge is -2.28. The lowest BCUT2D eigenvalue weighted by Crippen LogP contribution is -2.48. The van der Waals surface area contributed by atoms with E-state index in [4.69, 9.17) is 0 Å². The molecule has 1 aromatic carbocycles. The van der Waals surface area contributed by atoms with Crippen molar-refractivity contribution in [2.24, 2.45) is 0 Å². The van der Waals surface area contributed by atoms with E-state index in [1.165, 1.54) is 17.8 Å². The Morgan fingerprint density at radius 2 is 2.06 bits per heavy atom. The van der Waals surface area contributed by atoms with Gasteiger partial charge in [0.25, 0.3) is 0 Å². The quantitative estimate of drug-likeness (QED) is 0.751. The van der Waals surface area contributed by atoms with Crippen LogP contribution in [-0.2, 0) is 0 Å². The Morgan fingerprint density at radius 1 is 1.33 bits per heavy atom. The van der Waals surface area contributed by atoms with E-state index in [-0.39, 0.29) is 6.61 Å². The van der Waals surface area contributed by atoms with Gasteiger partial charge in [-0.3, -0.25) is 0 Å². The summed E-state index contributed by atoms with van der Waals surface area (Å²) < 4.78 is 25.8. The molecular formula is C13H19F2NOS. The topological polar surface area (TPSA) is 32.3 Å². The Kier molecular flexibility index (Phi) is 6.05. The highest BCUT2D eigenvalue weighted by Crippen LogP contribution is 2.24. The van der Waals surface area contributed by atoms with Gasteiger partial charge in [0.15, 0.2) is 11.6 Å². The fourth-order valence-corrected chi connectivity index (χ4v) is 2.42. The molecule has 2 nitrogen and oxygen atoms in total. The number of thioether (sulfide) groups is 1. The van der Waals surface area contributed by atoms with E-state index in [1.54, 1.807) is 6.07 Å². The summed E-state index contributed by atoms with van der Waals surface area (Å²) in [5.74, 6) is -1.09. The molecule has 0 aliphatic heterocycles. The molecule has 1 rings (SSSR count). The highest BCUT2D eigenvalue weighted by Gasteiger charge is 2.22. The van der Waals surface area contributed by atoms with Crippen LogP contribution in [0.3, 0.4) is 0 Å². The van der Waals surface area contributed by atoms with E-state index >= 15 is 0 Å². The molecule has 0 saturated carbocycles. The molecule has 0 bridgehead atoms. The number of aliphatic hydroxyl groups is 1. The number of rotatable bonds is 7. The van der Waals surface area contributed by atoms with Gasteiger partial charge in [-0.25, -0.2) is 8.78 Å². The third kappa shape index (κ3) is 4.55. The summed E-state index contributed by atoms with van der Waals surface area (Å²) in [4.78, 5) is 0.659. The molecule has 2 N–H and O–H groups in total. The van der Waals surface area contributed by atoms with Crippen molar-refractivity contribution in [1.82, 2.24) is 5.32 Å². The number of nitrogens with one attached hydrogen (secondary N) is 1. The van der Waals surface area contributed by atoms with Gasteiger partial charge < -0.3 is 10.4 Å². The van der Waals surface area contributed by atoms with Crippen molar-refractivity contribution in [3.8, 4) is 0 Å². The Hall–Kier alpha value is -0.650. The minimum Gasteiger partial charge on any atom is -0.394 e. The second kappa shape index (κ2) is 7.07. The van der Waals surface area contributed by atoms with Gasteiger partial charge in [0.1, 0.15) is 0 Å². The second-order valence-electron chi connectivity index (χ2n) is 4.51. The normalized spacial score (nSPS) is 14.5. The first kappa shape index (κ1) is 15.4. The molecule has 1 unspecified atom stereocenters. The zero-order valence-electron chi connectivity index (χ0n) is 10.7. The molecule has 0 fully saturated rings. The van der Waals surface area contributed by atoms with Gasteiger partial charge in [0, 0.05) is 16.2 Å². The molecule has 0 aromatic heterocycles. The molecule has 0 heterocycles. The Bertz CT molecular complexity index is 389. The van der Waals surface area contributed by atoms with Gasteiger partial charge in [0.05, 0.1) is 6.61 Å². The summed E-state index contributed by atoms with van der Waals surface area (Å²) in [6.45, 7) is 4.78. The molecule has 0 saturated heterocycles.